The van der Waals surface area contributed by atoms with Gasteiger partial charge in [0, 0.05) is 13.7 Å². The highest BCUT2D eigenvalue weighted by Gasteiger charge is 2.42. The lowest BCUT2D eigenvalue weighted by Crippen LogP contribution is -2.58. The molecular formula is C15H28N2O4. The molecule has 0 saturated heterocycles. The average molecular weight is 300 g/mol. The smallest absolute Gasteiger partial charge is 0.329 e. The quantitative estimate of drug-likeness (QED) is 0.701. The third-order valence-electron chi connectivity index (χ3n) is 4.46. The van der Waals surface area contributed by atoms with Gasteiger partial charge in [0.05, 0.1) is 5.60 Å². The first-order chi connectivity index (χ1) is 9.71. The minimum atomic E-state index is -1.12. The van der Waals surface area contributed by atoms with Gasteiger partial charge in [-0.1, -0.05) is 6.92 Å². The Balaban J connectivity index is 2.49. The molecule has 0 heterocycles. The van der Waals surface area contributed by atoms with Crippen molar-refractivity contribution in [3.05, 3.63) is 0 Å². The summed E-state index contributed by atoms with van der Waals surface area (Å²) in [6, 6.07) is -0.418. The van der Waals surface area contributed by atoms with Gasteiger partial charge in [0.15, 0.2) is 0 Å². The number of amides is 2. The molecule has 0 radical (unpaired) electrons. The molecule has 0 spiro atoms. The number of methoxy groups -OCH3 is 1. The first kappa shape index (κ1) is 17.8. The number of carbonyl (C=O) groups excluding carboxylic acids is 1. The van der Waals surface area contributed by atoms with Gasteiger partial charge in [-0.3, -0.25) is 0 Å². The Hall–Kier alpha value is -1.30. The number of hydrogen-bond acceptors (Lipinski definition) is 3. The number of hydrogen-bond donors (Lipinski definition) is 3. The second-order valence-corrected chi connectivity index (χ2v) is 6.66. The van der Waals surface area contributed by atoms with E-state index in [0.717, 1.165) is 12.8 Å². The maximum atomic E-state index is 12.0. The van der Waals surface area contributed by atoms with Crippen molar-refractivity contribution in [2.24, 2.45) is 5.92 Å². The molecule has 122 valence electrons. The molecule has 0 aromatic heterocycles. The van der Waals surface area contributed by atoms with Gasteiger partial charge in [0.25, 0.3) is 0 Å². The van der Waals surface area contributed by atoms with Crippen molar-refractivity contribution in [1.29, 1.82) is 0 Å². The largest absolute Gasteiger partial charge is 0.480 e. The van der Waals surface area contributed by atoms with Crippen LogP contribution >= 0.6 is 0 Å². The van der Waals surface area contributed by atoms with E-state index in [4.69, 9.17) is 4.74 Å². The van der Waals surface area contributed by atoms with E-state index >= 15 is 0 Å². The molecule has 0 aromatic carbocycles. The number of rotatable bonds is 6. The lowest BCUT2D eigenvalue weighted by Gasteiger charge is -2.36. The number of nitrogens with one attached hydrogen (secondary N) is 2. The molecular weight excluding hydrogens is 272 g/mol. The normalized spacial score (nSPS) is 26.2. The van der Waals surface area contributed by atoms with Crippen LogP contribution < -0.4 is 10.6 Å². The highest BCUT2D eigenvalue weighted by Crippen LogP contribution is 2.32. The van der Waals surface area contributed by atoms with Gasteiger partial charge in [-0.2, -0.15) is 0 Å². The zero-order chi connectivity index (χ0) is 16.1. The van der Waals surface area contributed by atoms with Crippen LogP contribution in [-0.2, 0) is 9.53 Å². The van der Waals surface area contributed by atoms with Gasteiger partial charge in [0.2, 0.25) is 0 Å². The Labute approximate surface area is 126 Å². The lowest BCUT2D eigenvalue weighted by atomic mass is 9.77. The van der Waals surface area contributed by atoms with Gasteiger partial charge in [-0.15, -0.1) is 0 Å². The van der Waals surface area contributed by atoms with Crippen LogP contribution in [0.5, 0.6) is 0 Å². The molecule has 0 bridgehead atoms. The lowest BCUT2D eigenvalue weighted by molar-refractivity contribution is -0.146. The molecule has 1 aliphatic carbocycles. The van der Waals surface area contributed by atoms with E-state index in [1.165, 1.54) is 0 Å². The summed E-state index contributed by atoms with van der Waals surface area (Å²) >= 11 is 0. The van der Waals surface area contributed by atoms with Gasteiger partial charge >= 0.3 is 12.0 Å². The summed E-state index contributed by atoms with van der Waals surface area (Å²) in [5.41, 5.74) is -1.43. The van der Waals surface area contributed by atoms with Crippen LogP contribution in [0.15, 0.2) is 0 Å². The van der Waals surface area contributed by atoms with Crippen molar-refractivity contribution in [2.45, 2.75) is 64.0 Å². The summed E-state index contributed by atoms with van der Waals surface area (Å²) in [6.07, 6.45) is 3.28. The Morgan fingerprint density at radius 3 is 2.38 bits per heavy atom. The third-order valence-corrected chi connectivity index (χ3v) is 4.46. The molecule has 0 aromatic rings. The molecule has 21 heavy (non-hydrogen) atoms. The van der Waals surface area contributed by atoms with Crippen LogP contribution in [-0.4, -0.2) is 41.9 Å². The SMILES string of the molecule is COC(C)(C)CCNC(=O)NC1(C(=O)O)CCC(C)CC1. The van der Waals surface area contributed by atoms with E-state index in [0.29, 0.717) is 31.7 Å². The Kier molecular flexibility index (Phi) is 6.01. The molecule has 3 N–H and O–H groups in total. The zero-order valence-corrected chi connectivity index (χ0v) is 13.5. The number of ether oxygens (including phenoxy) is 1. The number of carboxylic acids is 1. The van der Waals surface area contributed by atoms with Crippen LogP contribution in [0, 0.1) is 5.92 Å². The van der Waals surface area contributed by atoms with Crippen LogP contribution in [0.2, 0.25) is 0 Å². The molecule has 2 amide bonds. The topological polar surface area (TPSA) is 87.7 Å². The summed E-state index contributed by atoms with van der Waals surface area (Å²) in [5.74, 6) is -0.424. The maximum absolute atomic E-state index is 12.0. The molecule has 0 unspecified atom stereocenters. The monoisotopic (exact) mass is 300 g/mol. The number of aliphatic carboxylic acids is 1. The molecule has 0 aliphatic heterocycles. The summed E-state index contributed by atoms with van der Waals surface area (Å²) in [6.45, 7) is 6.43. The van der Waals surface area contributed by atoms with Crippen molar-refractivity contribution < 1.29 is 19.4 Å². The standard InChI is InChI=1S/C15H28N2O4/c1-11-5-7-15(8-6-11,12(18)19)17-13(20)16-10-9-14(2,3)21-4/h11H,5-10H2,1-4H3,(H,18,19)(H2,16,17,20). The molecule has 0 atom stereocenters. The van der Waals surface area contributed by atoms with Gasteiger partial charge < -0.3 is 20.5 Å². The average Bonchev–Trinajstić information content (AvgIpc) is 2.41. The zero-order valence-electron chi connectivity index (χ0n) is 13.5. The Morgan fingerprint density at radius 1 is 1.33 bits per heavy atom. The van der Waals surface area contributed by atoms with E-state index in [1.807, 2.05) is 13.8 Å². The number of carboxylic acid groups (broad SMARTS) is 1. The minimum absolute atomic E-state index is 0.308. The van der Waals surface area contributed by atoms with Crippen molar-refractivity contribution in [3.63, 3.8) is 0 Å². The summed E-state index contributed by atoms with van der Waals surface area (Å²) < 4.78 is 5.27. The van der Waals surface area contributed by atoms with Crippen molar-refractivity contribution >= 4 is 12.0 Å². The second kappa shape index (κ2) is 7.11. The predicted octanol–water partition coefficient (Wildman–Crippen LogP) is 2.13. The first-order valence-electron chi connectivity index (χ1n) is 7.55. The number of carbonyl (C=O) groups is 2. The number of urea groups is 1. The van der Waals surface area contributed by atoms with Crippen LogP contribution in [0.25, 0.3) is 0 Å². The highest BCUT2D eigenvalue weighted by atomic mass is 16.5. The minimum Gasteiger partial charge on any atom is -0.480 e. The van der Waals surface area contributed by atoms with Crippen LogP contribution in [0.3, 0.4) is 0 Å². The summed E-state index contributed by atoms with van der Waals surface area (Å²) in [7, 11) is 1.63. The predicted molar refractivity (Wildman–Crippen MR) is 80.2 cm³/mol. The van der Waals surface area contributed by atoms with Crippen LogP contribution in [0.1, 0.15) is 52.9 Å². The fraction of sp³-hybridized carbons (Fsp3) is 0.867. The molecule has 6 heteroatoms. The molecule has 1 aliphatic rings. The molecule has 1 saturated carbocycles. The van der Waals surface area contributed by atoms with Crippen molar-refractivity contribution in [1.82, 2.24) is 10.6 Å². The highest BCUT2D eigenvalue weighted by molar-refractivity contribution is 5.86. The van der Waals surface area contributed by atoms with E-state index in [2.05, 4.69) is 17.6 Å². The van der Waals surface area contributed by atoms with Crippen molar-refractivity contribution in [2.75, 3.05) is 13.7 Å². The summed E-state index contributed by atoms with van der Waals surface area (Å²) in [4.78, 5) is 23.5. The molecule has 1 fully saturated rings. The van der Waals surface area contributed by atoms with E-state index in [9.17, 15) is 14.7 Å². The first-order valence-corrected chi connectivity index (χ1v) is 7.55. The fourth-order valence-corrected chi connectivity index (χ4v) is 2.49. The van der Waals surface area contributed by atoms with E-state index < -0.39 is 17.5 Å². The van der Waals surface area contributed by atoms with Gasteiger partial charge in [-0.05, 0) is 51.9 Å². The third kappa shape index (κ3) is 5.19. The maximum Gasteiger partial charge on any atom is 0.329 e. The van der Waals surface area contributed by atoms with E-state index in [1.54, 1.807) is 7.11 Å². The Bertz CT molecular complexity index is 374. The van der Waals surface area contributed by atoms with Gasteiger partial charge in [0.1, 0.15) is 5.54 Å². The van der Waals surface area contributed by atoms with Crippen molar-refractivity contribution in [3.8, 4) is 0 Å². The molecule has 1 rings (SSSR count). The summed E-state index contributed by atoms with van der Waals surface area (Å²) in [5, 5.41) is 14.8. The van der Waals surface area contributed by atoms with Gasteiger partial charge in [-0.25, -0.2) is 9.59 Å². The van der Waals surface area contributed by atoms with E-state index in [-0.39, 0.29) is 5.60 Å². The van der Waals surface area contributed by atoms with Crippen LogP contribution in [0.4, 0.5) is 4.79 Å². The fourth-order valence-electron chi connectivity index (χ4n) is 2.49. The Morgan fingerprint density at radius 2 is 1.90 bits per heavy atom. The second-order valence-electron chi connectivity index (χ2n) is 6.66. The molecule has 6 nitrogen and oxygen atoms in total.